The molecule has 0 aliphatic carbocycles. The minimum atomic E-state index is 0.733. The lowest BCUT2D eigenvalue weighted by Gasteiger charge is -2.11. The minimum Gasteiger partial charge on any atom is -0.329 e. The van der Waals surface area contributed by atoms with Crippen LogP contribution < -0.4 is 16.8 Å². The maximum atomic E-state index is 5.37. The summed E-state index contributed by atoms with van der Waals surface area (Å²) in [5, 5.41) is 2.89. The average molecular weight is 188 g/mol. The molecule has 1 fully saturated rings. The smallest absolute Gasteiger partial charge is 0.0105 e. The number of hydrogen-bond acceptors (Lipinski definition) is 4. The van der Waals surface area contributed by atoms with Gasteiger partial charge in [0.2, 0.25) is 0 Å². The molecule has 0 unspecified atom stereocenters. The van der Waals surface area contributed by atoms with Crippen molar-refractivity contribution in [2.45, 2.75) is 12.8 Å². The molecule has 1 aliphatic heterocycles. The molecule has 0 aromatic rings. The van der Waals surface area contributed by atoms with Gasteiger partial charge in [-0.25, -0.2) is 0 Å². The molecular formula is C9H24N4. The van der Waals surface area contributed by atoms with Gasteiger partial charge in [0.1, 0.15) is 0 Å². The van der Waals surface area contributed by atoms with E-state index in [0.29, 0.717) is 0 Å². The van der Waals surface area contributed by atoms with Gasteiger partial charge >= 0.3 is 0 Å². The number of likely N-dealkylation sites (N-methyl/N-ethyl adjacent to an activating group) is 1. The van der Waals surface area contributed by atoms with Crippen molar-refractivity contribution in [1.82, 2.24) is 10.2 Å². The third kappa shape index (κ3) is 8.18. The molecule has 1 aliphatic rings. The lowest BCUT2D eigenvalue weighted by molar-refractivity contribution is 0.349. The van der Waals surface area contributed by atoms with Gasteiger partial charge in [0, 0.05) is 26.2 Å². The number of nitrogens with zero attached hydrogens (tertiary/aromatic N) is 1. The summed E-state index contributed by atoms with van der Waals surface area (Å²) >= 11 is 0. The Kier molecular flexibility index (Phi) is 9.80. The molecule has 1 rings (SSSR count). The second-order valence-electron chi connectivity index (χ2n) is 3.23. The van der Waals surface area contributed by atoms with Crippen LogP contribution in [0.15, 0.2) is 0 Å². The lowest BCUT2D eigenvalue weighted by Crippen LogP contribution is -2.26. The second kappa shape index (κ2) is 9.92. The van der Waals surface area contributed by atoms with Crippen molar-refractivity contribution in [3.63, 3.8) is 0 Å². The van der Waals surface area contributed by atoms with E-state index in [0.717, 1.165) is 26.2 Å². The van der Waals surface area contributed by atoms with Crippen LogP contribution in [0.25, 0.3) is 0 Å². The van der Waals surface area contributed by atoms with Gasteiger partial charge in [0.25, 0.3) is 0 Å². The van der Waals surface area contributed by atoms with Crippen LogP contribution >= 0.6 is 0 Å². The highest BCUT2D eigenvalue weighted by Crippen LogP contribution is 2.04. The summed E-state index contributed by atoms with van der Waals surface area (Å²) < 4.78 is 0. The number of likely N-dealkylation sites (tertiary alicyclic amines) is 1. The molecular weight excluding hydrogens is 164 g/mol. The molecule has 0 saturated carbocycles. The maximum Gasteiger partial charge on any atom is 0.0105 e. The summed E-state index contributed by atoms with van der Waals surface area (Å²) in [6.45, 7) is 6.12. The van der Waals surface area contributed by atoms with E-state index in [2.05, 4.69) is 10.2 Å². The van der Waals surface area contributed by atoms with E-state index in [1.165, 1.54) is 25.9 Å². The molecule has 1 heterocycles. The van der Waals surface area contributed by atoms with Crippen LogP contribution in [0.1, 0.15) is 12.8 Å². The molecule has 0 radical (unpaired) electrons. The Morgan fingerprint density at radius 2 is 1.77 bits per heavy atom. The molecule has 4 nitrogen and oxygen atoms in total. The Balaban J connectivity index is 0.000000252. The van der Waals surface area contributed by atoms with E-state index in [-0.39, 0.29) is 0 Å². The van der Waals surface area contributed by atoms with Crippen LogP contribution in [0.3, 0.4) is 0 Å². The van der Waals surface area contributed by atoms with Crippen LogP contribution in [-0.4, -0.2) is 51.2 Å². The van der Waals surface area contributed by atoms with E-state index >= 15 is 0 Å². The minimum absolute atomic E-state index is 0.733. The summed E-state index contributed by atoms with van der Waals surface area (Å²) in [7, 11) is 1.88. The van der Waals surface area contributed by atoms with Crippen LogP contribution in [0, 0.1) is 0 Å². The van der Waals surface area contributed by atoms with Gasteiger partial charge in [0.15, 0.2) is 0 Å². The molecule has 4 heteroatoms. The van der Waals surface area contributed by atoms with Crippen molar-refractivity contribution >= 4 is 0 Å². The van der Waals surface area contributed by atoms with Crippen LogP contribution in [-0.2, 0) is 0 Å². The largest absolute Gasteiger partial charge is 0.329 e. The Labute approximate surface area is 81.6 Å². The zero-order chi connectivity index (χ0) is 9.94. The van der Waals surface area contributed by atoms with Crippen LogP contribution in [0.4, 0.5) is 0 Å². The normalized spacial score (nSPS) is 16.8. The van der Waals surface area contributed by atoms with Crippen molar-refractivity contribution in [2.24, 2.45) is 11.5 Å². The van der Waals surface area contributed by atoms with Crippen molar-refractivity contribution in [2.75, 3.05) is 46.3 Å². The van der Waals surface area contributed by atoms with Crippen molar-refractivity contribution in [3.8, 4) is 0 Å². The quantitative estimate of drug-likeness (QED) is 0.541. The summed E-state index contributed by atoms with van der Waals surface area (Å²) in [4.78, 5) is 2.42. The Morgan fingerprint density at radius 1 is 1.15 bits per heavy atom. The molecule has 0 amide bonds. The molecule has 0 spiro atoms. The number of nitrogens with one attached hydrogen (secondary N) is 1. The summed E-state index contributed by atoms with van der Waals surface area (Å²) in [5.74, 6) is 0. The molecule has 1 saturated heterocycles. The molecule has 0 aromatic carbocycles. The first-order chi connectivity index (χ1) is 6.35. The zero-order valence-electron chi connectivity index (χ0n) is 8.76. The van der Waals surface area contributed by atoms with Crippen LogP contribution in [0.5, 0.6) is 0 Å². The van der Waals surface area contributed by atoms with Gasteiger partial charge in [-0.2, -0.15) is 0 Å². The number of rotatable bonds is 4. The lowest BCUT2D eigenvalue weighted by atomic mass is 10.4. The number of nitrogens with two attached hydrogens (primary N) is 2. The average Bonchev–Trinajstić information content (AvgIpc) is 2.60. The van der Waals surface area contributed by atoms with Gasteiger partial charge in [0.05, 0.1) is 0 Å². The topological polar surface area (TPSA) is 67.3 Å². The SMILES string of the molecule is CNCCN.NCCN1CCCC1. The first kappa shape index (κ1) is 12.8. The van der Waals surface area contributed by atoms with Gasteiger partial charge < -0.3 is 21.7 Å². The summed E-state index contributed by atoms with van der Waals surface area (Å²) in [5.41, 5.74) is 10.4. The van der Waals surface area contributed by atoms with Crippen molar-refractivity contribution in [3.05, 3.63) is 0 Å². The fourth-order valence-electron chi connectivity index (χ4n) is 1.33. The van der Waals surface area contributed by atoms with Crippen molar-refractivity contribution < 1.29 is 0 Å². The van der Waals surface area contributed by atoms with E-state index in [4.69, 9.17) is 11.5 Å². The third-order valence-corrected chi connectivity index (χ3v) is 2.04. The fraction of sp³-hybridized carbons (Fsp3) is 1.00. The number of hydrogen-bond donors (Lipinski definition) is 3. The second-order valence-corrected chi connectivity index (χ2v) is 3.23. The fourth-order valence-corrected chi connectivity index (χ4v) is 1.33. The standard InChI is InChI=1S/C6H14N2.C3H10N2/c7-3-6-8-4-1-2-5-8;1-5-3-2-4/h1-7H2;5H,2-4H2,1H3. The Hall–Kier alpha value is -0.160. The molecule has 13 heavy (non-hydrogen) atoms. The summed E-state index contributed by atoms with van der Waals surface area (Å²) in [6.07, 6.45) is 2.75. The Morgan fingerprint density at radius 3 is 2.08 bits per heavy atom. The molecule has 80 valence electrons. The predicted octanol–water partition coefficient (Wildman–Crippen LogP) is -0.795. The highest BCUT2D eigenvalue weighted by molar-refractivity contribution is 4.65. The highest BCUT2D eigenvalue weighted by atomic mass is 15.1. The highest BCUT2D eigenvalue weighted by Gasteiger charge is 2.08. The van der Waals surface area contributed by atoms with Gasteiger partial charge in [-0.1, -0.05) is 0 Å². The monoisotopic (exact) mass is 188 g/mol. The molecule has 0 atom stereocenters. The van der Waals surface area contributed by atoms with E-state index in [1.807, 2.05) is 7.05 Å². The first-order valence-corrected chi connectivity index (χ1v) is 5.12. The van der Waals surface area contributed by atoms with Crippen molar-refractivity contribution in [1.29, 1.82) is 0 Å². The van der Waals surface area contributed by atoms with E-state index < -0.39 is 0 Å². The predicted molar refractivity (Wildman–Crippen MR) is 57.7 cm³/mol. The van der Waals surface area contributed by atoms with Crippen LogP contribution in [0.2, 0.25) is 0 Å². The Bertz CT molecular complexity index is 89.6. The molecule has 0 aromatic heterocycles. The zero-order valence-corrected chi connectivity index (χ0v) is 8.76. The van der Waals surface area contributed by atoms with E-state index in [1.54, 1.807) is 0 Å². The third-order valence-electron chi connectivity index (χ3n) is 2.04. The van der Waals surface area contributed by atoms with Gasteiger partial charge in [-0.3, -0.25) is 0 Å². The van der Waals surface area contributed by atoms with E-state index in [9.17, 15) is 0 Å². The first-order valence-electron chi connectivity index (χ1n) is 5.12. The molecule has 5 N–H and O–H groups in total. The molecule has 0 bridgehead atoms. The van der Waals surface area contributed by atoms with Gasteiger partial charge in [-0.05, 0) is 33.0 Å². The van der Waals surface area contributed by atoms with Gasteiger partial charge in [-0.15, -0.1) is 0 Å². The summed E-state index contributed by atoms with van der Waals surface area (Å²) in [6, 6.07) is 0. The maximum absolute atomic E-state index is 5.37.